The van der Waals surface area contributed by atoms with Crippen molar-refractivity contribution in [2.45, 2.75) is 13.8 Å². The summed E-state index contributed by atoms with van der Waals surface area (Å²) in [6.45, 7) is 7.11. The van der Waals surface area contributed by atoms with Crippen LogP contribution in [0.15, 0.2) is 24.3 Å². The highest BCUT2D eigenvalue weighted by molar-refractivity contribution is 5.44. The molecule has 0 aromatic heterocycles. The molecule has 1 aromatic carbocycles. The van der Waals surface area contributed by atoms with Gasteiger partial charge in [0.1, 0.15) is 0 Å². The summed E-state index contributed by atoms with van der Waals surface area (Å²) >= 11 is 0. The maximum atomic E-state index is 5.21. The van der Waals surface area contributed by atoms with Crippen LogP contribution < -0.4 is 5.32 Å². The minimum Gasteiger partial charge on any atom is -0.384 e. The van der Waals surface area contributed by atoms with E-state index in [4.69, 9.17) is 4.74 Å². The molecule has 0 saturated carbocycles. The largest absolute Gasteiger partial charge is 0.384 e. The van der Waals surface area contributed by atoms with Crippen LogP contribution in [0.25, 0.3) is 0 Å². The quantitative estimate of drug-likeness (QED) is 0.792. The average Bonchev–Trinajstić information content (AvgIpc) is 2.14. The Morgan fingerprint density at radius 3 is 2.43 bits per heavy atom. The summed E-state index contributed by atoms with van der Waals surface area (Å²) in [5, 5.41) is 3.43. The summed E-state index contributed by atoms with van der Waals surface area (Å²) in [6.07, 6.45) is 0. The third kappa shape index (κ3) is 2.07. The SMILES string of the molecule is Cc1ccc(NCC2(C)COC2)cc1. The second-order valence-electron chi connectivity index (χ2n) is 4.52. The monoisotopic (exact) mass is 191 g/mol. The minimum atomic E-state index is 0.338. The summed E-state index contributed by atoms with van der Waals surface area (Å²) in [7, 11) is 0. The molecule has 14 heavy (non-hydrogen) atoms. The number of aryl methyl sites for hydroxylation is 1. The number of anilines is 1. The first-order valence-electron chi connectivity index (χ1n) is 5.06. The van der Waals surface area contributed by atoms with Crippen LogP contribution >= 0.6 is 0 Å². The van der Waals surface area contributed by atoms with E-state index in [0.29, 0.717) is 5.41 Å². The molecule has 1 aliphatic rings. The second kappa shape index (κ2) is 3.62. The van der Waals surface area contributed by atoms with Crippen molar-refractivity contribution in [3.05, 3.63) is 29.8 Å². The molecule has 0 aliphatic carbocycles. The lowest BCUT2D eigenvalue weighted by atomic mass is 9.89. The van der Waals surface area contributed by atoms with E-state index in [1.807, 2.05) is 0 Å². The van der Waals surface area contributed by atoms with E-state index < -0.39 is 0 Å². The first-order chi connectivity index (χ1) is 6.68. The van der Waals surface area contributed by atoms with Crippen molar-refractivity contribution >= 4 is 5.69 Å². The maximum Gasteiger partial charge on any atom is 0.0559 e. The van der Waals surface area contributed by atoms with Crippen molar-refractivity contribution in [3.8, 4) is 0 Å². The zero-order valence-electron chi connectivity index (χ0n) is 8.84. The van der Waals surface area contributed by atoms with E-state index in [1.54, 1.807) is 0 Å². The Balaban J connectivity index is 1.88. The Kier molecular flexibility index (Phi) is 2.46. The smallest absolute Gasteiger partial charge is 0.0559 e. The molecule has 0 spiro atoms. The summed E-state index contributed by atoms with van der Waals surface area (Å²) in [5.74, 6) is 0. The predicted octanol–water partition coefficient (Wildman–Crippen LogP) is 2.44. The predicted molar refractivity (Wildman–Crippen MR) is 58.6 cm³/mol. The summed E-state index contributed by atoms with van der Waals surface area (Å²) in [6, 6.07) is 8.50. The third-order valence-electron chi connectivity index (χ3n) is 2.67. The van der Waals surface area contributed by atoms with Crippen LogP contribution in [-0.2, 0) is 4.74 Å². The molecule has 1 aromatic rings. The molecule has 1 saturated heterocycles. The fourth-order valence-corrected chi connectivity index (χ4v) is 1.54. The molecular weight excluding hydrogens is 174 g/mol. The molecule has 1 aliphatic heterocycles. The van der Waals surface area contributed by atoms with Gasteiger partial charge in [0.15, 0.2) is 0 Å². The zero-order valence-corrected chi connectivity index (χ0v) is 8.84. The molecule has 0 atom stereocenters. The van der Waals surface area contributed by atoms with Crippen LogP contribution in [0.4, 0.5) is 5.69 Å². The Bertz CT molecular complexity index is 301. The summed E-state index contributed by atoms with van der Waals surface area (Å²) in [5.41, 5.74) is 2.84. The van der Waals surface area contributed by atoms with Crippen LogP contribution in [0.5, 0.6) is 0 Å². The summed E-state index contributed by atoms with van der Waals surface area (Å²) in [4.78, 5) is 0. The minimum absolute atomic E-state index is 0.338. The van der Waals surface area contributed by atoms with Crippen molar-refractivity contribution in [1.29, 1.82) is 0 Å². The van der Waals surface area contributed by atoms with Gasteiger partial charge in [-0.2, -0.15) is 0 Å². The molecule has 2 rings (SSSR count). The molecule has 1 N–H and O–H groups in total. The number of benzene rings is 1. The standard InChI is InChI=1S/C12H17NO/c1-10-3-5-11(6-4-10)13-7-12(2)8-14-9-12/h3-6,13H,7-9H2,1-2H3. The molecular formula is C12H17NO. The first kappa shape index (κ1) is 9.53. The molecule has 76 valence electrons. The lowest BCUT2D eigenvalue weighted by Crippen LogP contribution is -2.45. The van der Waals surface area contributed by atoms with Crippen LogP contribution in [0.3, 0.4) is 0 Å². The van der Waals surface area contributed by atoms with Gasteiger partial charge in [-0.15, -0.1) is 0 Å². The van der Waals surface area contributed by atoms with Crippen LogP contribution in [0, 0.1) is 12.3 Å². The van der Waals surface area contributed by atoms with E-state index in [-0.39, 0.29) is 0 Å². The zero-order chi connectivity index (χ0) is 10.0. The molecule has 2 nitrogen and oxygen atoms in total. The third-order valence-corrected chi connectivity index (χ3v) is 2.67. The number of hydrogen-bond donors (Lipinski definition) is 1. The second-order valence-corrected chi connectivity index (χ2v) is 4.52. The van der Waals surface area contributed by atoms with E-state index in [1.165, 1.54) is 11.3 Å². The van der Waals surface area contributed by atoms with Crippen molar-refractivity contribution in [2.75, 3.05) is 25.1 Å². The van der Waals surface area contributed by atoms with Crippen molar-refractivity contribution in [3.63, 3.8) is 0 Å². The van der Waals surface area contributed by atoms with Gasteiger partial charge in [-0.3, -0.25) is 0 Å². The Labute approximate surface area is 85.3 Å². The van der Waals surface area contributed by atoms with Crippen molar-refractivity contribution < 1.29 is 4.74 Å². The Hall–Kier alpha value is -1.02. The molecule has 0 bridgehead atoms. The topological polar surface area (TPSA) is 21.3 Å². The van der Waals surface area contributed by atoms with Gasteiger partial charge in [-0.1, -0.05) is 24.6 Å². The highest BCUT2D eigenvalue weighted by atomic mass is 16.5. The van der Waals surface area contributed by atoms with Gasteiger partial charge in [-0.25, -0.2) is 0 Å². The first-order valence-corrected chi connectivity index (χ1v) is 5.06. The average molecular weight is 191 g/mol. The van der Waals surface area contributed by atoms with Crippen LogP contribution in [0.2, 0.25) is 0 Å². The molecule has 0 radical (unpaired) electrons. The van der Waals surface area contributed by atoms with Gasteiger partial charge in [0.05, 0.1) is 13.2 Å². The molecule has 0 amide bonds. The Morgan fingerprint density at radius 2 is 1.93 bits per heavy atom. The van der Waals surface area contributed by atoms with Gasteiger partial charge in [0.25, 0.3) is 0 Å². The lowest BCUT2D eigenvalue weighted by Gasteiger charge is -2.38. The number of hydrogen-bond acceptors (Lipinski definition) is 2. The van der Waals surface area contributed by atoms with E-state index in [2.05, 4.69) is 43.4 Å². The van der Waals surface area contributed by atoms with E-state index in [9.17, 15) is 0 Å². The van der Waals surface area contributed by atoms with Gasteiger partial charge in [-0.05, 0) is 19.1 Å². The normalized spacial score (nSPS) is 18.7. The molecule has 2 heteroatoms. The lowest BCUT2D eigenvalue weighted by molar-refractivity contribution is -0.0924. The van der Waals surface area contributed by atoms with E-state index >= 15 is 0 Å². The maximum absolute atomic E-state index is 5.21. The fraction of sp³-hybridized carbons (Fsp3) is 0.500. The molecule has 1 fully saturated rings. The van der Waals surface area contributed by atoms with Crippen LogP contribution in [0.1, 0.15) is 12.5 Å². The number of ether oxygens (including phenoxy) is 1. The van der Waals surface area contributed by atoms with Gasteiger partial charge in [0, 0.05) is 17.6 Å². The van der Waals surface area contributed by atoms with Gasteiger partial charge in [0.2, 0.25) is 0 Å². The van der Waals surface area contributed by atoms with Crippen molar-refractivity contribution in [2.24, 2.45) is 5.41 Å². The number of nitrogens with one attached hydrogen (secondary N) is 1. The fourth-order valence-electron chi connectivity index (χ4n) is 1.54. The molecule has 0 unspecified atom stereocenters. The highest BCUT2D eigenvalue weighted by Crippen LogP contribution is 2.26. The molecule has 1 heterocycles. The van der Waals surface area contributed by atoms with Gasteiger partial charge < -0.3 is 10.1 Å². The summed E-state index contributed by atoms with van der Waals surface area (Å²) < 4.78 is 5.21. The van der Waals surface area contributed by atoms with Crippen LogP contribution in [-0.4, -0.2) is 19.8 Å². The van der Waals surface area contributed by atoms with Crippen molar-refractivity contribution in [1.82, 2.24) is 0 Å². The number of rotatable bonds is 3. The Morgan fingerprint density at radius 1 is 1.29 bits per heavy atom. The van der Waals surface area contributed by atoms with E-state index in [0.717, 1.165) is 19.8 Å². The highest BCUT2D eigenvalue weighted by Gasteiger charge is 2.32. The van der Waals surface area contributed by atoms with Gasteiger partial charge >= 0.3 is 0 Å².